The van der Waals surface area contributed by atoms with Crippen LogP contribution in [0.2, 0.25) is 0 Å². The van der Waals surface area contributed by atoms with E-state index in [1.807, 2.05) is 24.3 Å². The van der Waals surface area contributed by atoms with Crippen LogP contribution in [0.3, 0.4) is 0 Å². The molecule has 0 spiro atoms. The molecule has 6 heteroatoms. The molecule has 0 aliphatic rings. The van der Waals surface area contributed by atoms with Gasteiger partial charge in [-0.1, -0.05) is 158 Å². The van der Waals surface area contributed by atoms with E-state index in [9.17, 15) is 5.11 Å². The van der Waals surface area contributed by atoms with Crippen molar-refractivity contribution in [1.82, 2.24) is 9.13 Å². The Morgan fingerprint density at radius 2 is 0.600 bits per heavy atom. The van der Waals surface area contributed by atoms with E-state index in [0.29, 0.717) is 0 Å². The second-order valence-corrected chi connectivity index (χ2v) is 20.2. The van der Waals surface area contributed by atoms with Crippen LogP contribution < -0.4 is 14.5 Å². The van der Waals surface area contributed by atoms with E-state index < -0.39 is 0 Å². The Hall–Kier alpha value is -10.4. The van der Waals surface area contributed by atoms with Crippen LogP contribution in [-0.2, 0) is 6.61 Å². The van der Waals surface area contributed by atoms with Crippen molar-refractivity contribution in [3.05, 3.63) is 297 Å². The number of benzene rings is 12. The van der Waals surface area contributed by atoms with Gasteiger partial charge in [0.2, 0.25) is 0 Å². The predicted octanol–water partition coefficient (Wildman–Crippen LogP) is 19.3. The Balaban J connectivity index is 0.838. The van der Waals surface area contributed by atoms with Crippen LogP contribution in [0, 0.1) is 0 Å². The quantitative estimate of drug-likeness (QED) is 0.125. The largest absolute Gasteiger partial charge is 0.497 e. The molecule has 0 bridgehead atoms. The molecule has 2 heterocycles. The van der Waals surface area contributed by atoms with Gasteiger partial charge >= 0.3 is 0 Å². The number of aliphatic hydroxyl groups excluding tert-OH is 1. The van der Waals surface area contributed by atoms with Gasteiger partial charge < -0.3 is 28.8 Å². The number of ether oxygens (including phenoxy) is 1. The summed E-state index contributed by atoms with van der Waals surface area (Å²) in [6.07, 6.45) is 0. The second kappa shape index (κ2) is 20.5. The zero-order valence-electron chi connectivity index (χ0n) is 44.1. The number of methoxy groups -OCH3 is 1. The molecule has 2 aromatic heterocycles. The Morgan fingerprint density at radius 3 is 0.950 bits per heavy atom. The smallest absolute Gasteiger partial charge is 0.118 e. The lowest BCUT2D eigenvalue weighted by molar-refractivity contribution is 0.282. The second-order valence-electron chi connectivity index (χ2n) is 20.2. The Bertz CT molecular complexity index is 4200. The molecule has 382 valence electrons. The molecule has 0 unspecified atom stereocenters. The summed E-state index contributed by atoms with van der Waals surface area (Å²) in [6.45, 7) is 0.0222. The van der Waals surface area contributed by atoms with Gasteiger partial charge in [0.25, 0.3) is 0 Å². The van der Waals surface area contributed by atoms with Gasteiger partial charge in [0.05, 0.1) is 35.8 Å². The van der Waals surface area contributed by atoms with Gasteiger partial charge in [0.1, 0.15) is 5.75 Å². The molecule has 0 atom stereocenters. The number of fused-ring (bicyclic) bond motifs is 6. The van der Waals surface area contributed by atoms with Crippen molar-refractivity contribution < 1.29 is 9.84 Å². The highest BCUT2D eigenvalue weighted by Crippen LogP contribution is 2.44. The number of para-hydroxylation sites is 4. The van der Waals surface area contributed by atoms with E-state index in [4.69, 9.17) is 4.74 Å². The maximum atomic E-state index is 9.70. The lowest BCUT2D eigenvalue weighted by atomic mass is 10.0. The molecule has 80 heavy (non-hydrogen) atoms. The van der Waals surface area contributed by atoms with Crippen molar-refractivity contribution >= 4 is 77.7 Å². The number of nitrogens with zero attached hydrogens (tertiary/aromatic N) is 4. The lowest BCUT2D eigenvalue weighted by Crippen LogP contribution is -2.10. The van der Waals surface area contributed by atoms with Crippen molar-refractivity contribution in [2.24, 2.45) is 0 Å². The molecule has 0 aliphatic carbocycles. The number of hydrogen-bond acceptors (Lipinski definition) is 4. The van der Waals surface area contributed by atoms with E-state index in [-0.39, 0.29) is 6.61 Å². The molecule has 12 aromatic carbocycles. The van der Waals surface area contributed by atoms with Crippen LogP contribution in [0.4, 0.5) is 34.1 Å². The third-order valence-corrected chi connectivity index (χ3v) is 15.6. The van der Waals surface area contributed by atoms with Crippen LogP contribution in [-0.4, -0.2) is 21.4 Å². The predicted molar refractivity (Wildman–Crippen MR) is 333 cm³/mol. The Kier molecular flexibility index (Phi) is 12.3. The number of rotatable bonds is 13. The first-order valence-corrected chi connectivity index (χ1v) is 27.1. The first-order chi connectivity index (χ1) is 39.6. The van der Waals surface area contributed by atoms with E-state index in [0.717, 1.165) is 101 Å². The van der Waals surface area contributed by atoms with Gasteiger partial charge in [0, 0.05) is 67.0 Å². The summed E-state index contributed by atoms with van der Waals surface area (Å²) in [5, 5.41) is 14.5. The van der Waals surface area contributed by atoms with Crippen LogP contribution in [0.25, 0.3) is 88.4 Å². The summed E-state index contributed by atoms with van der Waals surface area (Å²) in [7, 11) is 1.70. The van der Waals surface area contributed by atoms with Crippen LogP contribution in [0.1, 0.15) is 5.56 Å². The van der Waals surface area contributed by atoms with E-state index >= 15 is 0 Å². The standard InChI is InChI=1S/C74H54N4O2/c1-80-66-44-32-57(33-45-66)56-30-40-63(41-31-56)76(65-43-47-74-70(49-65)68-17-9-11-19-72(68)78(74)59-14-6-3-7-15-59)62-38-28-55(29-39-62)54-26-36-61(37-27-54)75(60-34-24-53(25-35-60)52-22-20-51(50-79)21-23-52)64-42-46-73-69(48-64)67-16-8-10-18-71(67)77(73)58-12-4-2-5-13-58/h2-49,79H,50H2,1H3. The van der Waals surface area contributed by atoms with E-state index in [1.54, 1.807) is 7.11 Å². The summed E-state index contributed by atoms with van der Waals surface area (Å²) in [5.74, 6) is 0.838. The summed E-state index contributed by atoms with van der Waals surface area (Å²) in [5.41, 5.74) is 20.9. The van der Waals surface area contributed by atoms with Gasteiger partial charge in [-0.05, 0) is 172 Å². The molecular weight excluding hydrogens is 977 g/mol. The first-order valence-electron chi connectivity index (χ1n) is 27.1. The molecule has 14 aromatic rings. The van der Waals surface area contributed by atoms with E-state index in [2.05, 4.69) is 286 Å². The SMILES string of the molecule is COc1ccc(-c2ccc(N(c3ccc(-c4ccc(N(c5ccc(-c6ccc(CO)cc6)cc5)c5ccc6c(c5)c5ccccc5n6-c5ccccc5)cc4)cc3)c3ccc4c(c3)c3ccccc3n4-c3ccccc3)cc2)cc1. The minimum Gasteiger partial charge on any atom is -0.497 e. The molecular formula is C74H54N4O2. The minimum absolute atomic E-state index is 0.0222. The van der Waals surface area contributed by atoms with Gasteiger partial charge in [-0.2, -0.15) is 0 Å². The molecule has 1 N–H and O–H groups in total. The normalized spacial score (nSPS) is 11.4. The van der Waals surface area contributed by atoms with Gasteiger partial charge in [0.15, 0.2) is 0 Å². The summed E-state index contributed by atoms with van der Waals surface area (Å²) in [4.78, 5) is 4.71. The van der Waals surface area contributed by atoms with Gasteiger partial charge in [-0.3, -0.25) is 0 Å². The highest BCUT2D eigenvalue weighted by atomic mass is 16.5. The lowest BCUT2D eigenvalue weighted by Gasteiger charge is -2.27. The molecule has 0 radical (unpaired) electrons. The zero-order chi connectivity index (χ0) is 53.5. The molecule has 0 amide bonds. The molecule has 6 nitrogen and oxygen atoms in total. The fraction of sp³-hybridized carbons (Fsp3) is 0.0270. The maximum Gasteiger partial charge on any atom is 0.118 e. The fourth-order valence-corrected chi connectivity index (χ4v) is 11.6. The molecule has 0 saturated carbocycles. The summed E-state index contributed by atoms with van der Waals surface area (Å²) in [6, 6.07) is 104. The number of aromatic nitrogens is 2. The average Bonchev–Trinajstić information content (AvgIpc) is 4.28. The minimum atomic E-state index is 0.0222. The average molecular weight is 1030 g/mol. The zero-order valence-corrected chi connectivity index (χ0v) is 44.1. The first kappa shape index (κ1) is 48.0. The van der Waals surface area contributed by atoms with Crippen LogP contribution >= 0.6 is 0 Å². The van der Waals surface area contributed by atoms with Crippen molar-refractivity contribution in [2.75, 3.05) is 16.9 Å². The summed E-state index contributed by atoms with van der Waals surface area (Å²) >= 11 is 0. The molecule has 14 rings (SSSR count). The van der Waals surface area contributed by atoms with Gasteiger partial charge in [-0.25, -0.2) is 0 Å². The van der Waals surface area contributed by atoms with Crippen LogP contribution in [0.15, 0.2) is 291 Å². The fourth-order valence-electron chi connectivity index (χ4n) is 11.6. The van der Waals surface area contributed by atoms with Crippen molar-refractivity contribution in [3.63, 3.8) is 0 Å². The van der Waals surface area contributed by atoms with Gasteiger partial charge in [-0.15, -0.1) is 0 Å². The number of aliphatic hydroxyl groups is 1. The van der Waals surface area contributed by atoms with E-state index in [1.165, 1.54) is 32.6 Å². The monoisotopic (exact) mass is 1030 g/mol. The van der Waals surface area contributed by atoms with Crippen molar-refractivity contribution in [1.29, 1.82) is 0 Å². The molecule has 0 aliphatic heterocycles. The third-order valence-electron chi connectivity index (χ3n) is 15.6. The van der Waals surface area contributed by atoms with Crippen LogP contribution in [0.5, 0.6) is 5.75 Å². The van der Waals surface area contributed by atoms with Crippen molar-refractivity contribution in [3.8, 4) is 50.5 Å². The van der Waals surface area contributed by atoms with Crippen molar-refractivity contribution in [2.45, 2.75) is 6.61 Å². The highest BCUT2D eigenvalue weighted by Gasteiger charge is 2.21. The topological polar surface area (TPSA) is 45.8 Å². The maximum absolute atomic E-state index is 9.70. The Labute approximate surface area is 465 Å². The third kappa shape index (κ3) is 8.70. The molecule has 0 fully saturated rings. The number of anilines is 6. The number of hydrogen-bond donors (Lipinski definition) is 1. The highest BCUT2D eigenvalue weighted by molar-refractivity contribution is 6.12. The summed E-state index contributed by atoms with van der Waals surface area (Å²) < 4.78 is 10.2. The molecule has 0 saturated heterocycles. The Morgan fingerprint density at radius 1 is 0.300 bits per heavy atom.